The Balaban J connectivity index is 1.77. The van der Waals surface area contributed by atoms with Gasteiger partial charge >= 0.3 is 0 Å². The topological polar surface area (TPSA) is 119 Å². The van der Waals surface area contributed by atoms with Gasteiger partial charge in [-0.05, 0) is 55.5 Å². The first-order valence-corrected chi connectivity index (χ1v) is 12.0. The number of sulfonamides is 1. The van der Waals surface area contributed by atoms with Crippen molar-refractivity contribution in [2.45, 2.75) is 11.8 Å². The number of nitrogens with zero attached hydrogens (tertiary/aromatic N) is 1. The minimum atomic E-state index is -4.01. The van der Waals surface area contributed by atoms with Crippen LogP contribution in [-0.2, 0) is 10.0 Å². The van der Waals surface area contributed by atoms with Crippen molar-refractivity contribution in [1.29, 1.82) is 0 Å². The average Bonchev–Trinajstić information content (AvgIpc) is 2.87. The molecule has 0 unspecified atom stereocenters. The summed E-state index contributed by atoms with van der Waals surface area (Å²) >= 11 is 0. The highest BCUT2D eigenvalue weighted by Crippen LogP contribution is 2.25. The number of nitrogens with one attached hydrogen (secondary N) is 2. The molecule has 0 saturated heterocycles. The summed E-state index contributed by atoms with van der Waals surface area (Å²) in [5.74, 6) is 0.497. The maximum Gasteiger partial charge on any atom is 0.276 e. The van der Waals surface area contributed by atoms with Crippen LogP contribution in [0.2, 0.25) is 0 Å². The van der Waals surface area contributed by atoms with Crippen molar-refractivity contribution in [3.8, 4) is 11.5 Å². The number of hydrogen-bond donors (Lipinski definition) is 2. The first-order valence-electron chi connectivity index (χ1n) is 10.5. The molecule has 9 nitrogen and oxygen atoms in total. The lowest BCUT2D eigenvalue weighted by Gasteiger charge is -2.09. The van der Waals surface area contributed by atoms with Crippen LogP contribution in [0, 0.1) is 6.92 Å². The van der Waals surface area contributed by atoms with Gasteiger partial charge in [-0.1, -0.05) is 29.8 Å². The van der Waals surface area contributed by atoms with Crippen LogP contribution in [0.1, 0.15) is 15.9 Å². The maximum absolute atomic E-state index is 13.1. The van der Waals surface area contributed by atoms with E-state index in [4.69, 9.17) is 13.9 Å². The van der Waals surface area contributed by atoms with Crippen molar-refractivity contribution in [3.63, 3.8) is 0 Å². The molecule has 1 aromatic heterocycles. The molecule has 4 aromatic rings. The van der Waals surface area contributed by atoms with Gasteiger partial charge in [0, 0.05) is 11.1 Å². The molecule has 0 bridgehead atoms. The largest absolute Gasteiger partial charge is 0.497 e. The number of anilines is 1. The average molecular weight is 494 g/mol. The van der Waals surface area contributed by atoms with E-state index >= 15 is 0 Å². The fourth-order valence-electron chi connectivity index (χ4n) is 3.28. The van der Waals surface area contributed by atoms with Crippen LogP contribution in [0.5, 0.6) is 11.5 Å². The Kier molecular flexibility index (Phi) is 6.74. The molecule has 180 valence electrons. The van der Waals surface area contributed by atoms with E-state index in [2.05, 4.69) is 15.2 Å². The summed E-state index contributed by atoms with van der Waals surface area (Å²) < 4.78 is 41.8. The monoisotopic (exact) mass is 493 g/mol. The first kappa shape index (κ1) is 23.8. The highest BCUT2D eigenvalue weighted by molar-refractivity contribution is 7.89. The Morgan fingerprint density at radius 2 is 1.66 bits per heavy atom. The Hall–Kier alpha value is -4.31. The normalized spacial score (nSPS) is 11.8. The molecule has 35 heavy (non-hydrogen) atoms. The summed E-state index contributed by atoms with van der Waals surface area (Å²) in [6, 6.07) is 19.8. The van der Waals surface area contributed by atoms with Crippen molar-refractivity contribution in [3.05, 3.63) is 89.5 Å². The lowest BCUT2D eigenvalue weighted by atomic mass is 10.1. The SMILES string of the molecule is COc1ccc(NC(=O)c2cc3cccc(OC)c3oc2=NNS(=O)(=O)c2ccc(C)cc2)cc1. The molecular formula is C25H23N3O6S. The predicted molar refractivity (Wildman–Crippen MR) is 131 cm³/mol. The zero-order chi connectivity index (χ0) is 25.0. The molecule has 0 fully saturated rings. The van der Waals surface area contributed by atoms with Gasteiger partial charge in [0.2, 0.25) is 5.55 Å². The van der Waals surface area contributed by atoms with E-state index in [1.807, 2.05) is 6.92 Å². The van der Waals surface area contributed by atoms with Crippen LogP contribution in [0.15, 0.2) is 87.2 Å². The highest BCUT2D eigenvalue weighted by Gasteiger charge is 2.17. The number of carbonyl (C=O) groups is 1. The Bertz CT molecular complexity index is 1540. The van der Waals surface area contributed by atoms with E-state index in [1.165, 1.54) is 19.2 Å². The van der Waals surface area contributed by atoms with Crippen LogP contribution >= 0.6 is 0 Å². The van der Waals surface area contributed by atoms with Gasteiger partial charge in [-0.3, -0.25) is 4.79 Å². The molecule has 0 radical (unpaired) electrons. The molecule has 0 aliphatic rings. The fraction of sp³-hybridized carbons (Fsp3) is 0.120. The van der Waals surface area contributed by atoms with Crippen LogP contribution in [0.3, 0.4) is 0 Å². The minimum absolute atomic E-state index is 0.0215. The standard InChI is InChI=1S/C25H23N3O6S/c1-16-7-13-20(14-8-16)35(30,31)28-27-25-21(15-17-5-4-6-22(33-3)23(17)34-25)24(29)26-18-9-11-19(32-2)12-10-18/h4-15,28H,1-3H3,(H,26,29). The molecular weight excluding hydrogens is 470 g/mol. The van der Waals surface area contributed by atoms with Crippen molar-refractivity contribution in [1.82, 2.24) is 4.83 Å². The van der Waals surface area contributed by atoms with E-state index in [-0.39, 0.29) is 16.0 Å². The van der Waals surface area contributed by atoms with Crippen molar-refractivity contribution < 1.29 is 27.1 Å². The lowest BCUT2D eigenvalue weighted by molar-refractivity contribution is 0.102. The Morgan fingerprint density at radius 3 is 2.31 bits per heavy atom. The number of aryl methyl sites for hydroxylation is 1. The highest BCUT2D eigenvalue weighted by atomic mass is 32.2. The number of rotatable bonds is 7. The van der Waals surface area contributed by atoms with Gasteiger partial charge in [-0.2, -0.15) is 13.2 Å². The number of hydrogen-bond acceptors (Lipinski definition) is 7. The van der Waals surface area contributed by atoms with Gasteiger partial charge in [0.15, 0.2) is 11.3 Å². The summed E-state index contributed by atoms with van der Waals surface area (Å²) in [5.41, 5.74) is 1.52. The fourth-order valence-corrected chi connectivity index (χ4v) is 4.08. The van der Waals surface area contributed by atoms with E-state index in [1.54, 1.807) is 67.8 Å². The summed E-state index contributed by atoms with van der Waals surface area (Å²) in [6.07, 6.45) is 0. The van der Waals surface area contributed by atoms with E-state index in [9.17, 15) is 13.2 Å². The van der Waals surface area contributed by atoms with E-state index < -0.39 is 15.9 Å². The smallest absolute Gasteiger partial charge is 0.276 e. The van der Waals surface area contributed by atoms with E-state index in [0.29, 0.717) is 28.2 Å². The third-order valence-electron chi connectivity index (χ3n) is 5.15. The molecule has 0 atom stereocenters. The molecule has 1 heterocycles. The molecule has 0 saturated carbocycles. The van der Waals surface area contributed by atoms with Crippen LogP contribution in [0.25, 0.3) is 11.0 Å². The summed E-state index contributed by atoms with van der Waals surface area (Å²) in [7, 11) is -0.984. The number of carbonyl (C=O) groups excluding carboxylic acids is 1. The van der Waals surface area contributed by atoms with Crippen LogP contribution in [-0.4, -0.2) is 28.5 Å². The summed E-state index contributed by atoms with van der Waals surface area (Å²) in [4.78, 5) is 15.3. The zero-order valence-corrected chi connectivity index (χ0v) is 20.0. The number of amides is 1. The molecule has 2 N–H and O–H groups in total. The van der Waals surface area contributed by atoms with Crippen molar-refractivity contribution in [2.75, 3.05) is 19.5 Å². The third kappa shape index (κ3) is 5.28. The number of para-hydroxylation sites is 1. The molecule has 10 heteroatoms. The second-order valence-electron chi connectivity index (χ2n) is 7.55. The predicted octanol–water partition coefficient (Wildman–Crippen LogP) is 3.80. The van der Waals surface area contributed by atoms with Gasteiger partial charge in [0.1, 0.15) is 11.3 Å². The van der Waals surface area contributed by atoms with Crippen molar-refractivity contribution >= 4 is 32.6 Å². The second kappa shape index (κ2) is 9.90. The number of methoxy groups -OCH3 is 2. The first-order chi connectivity index (χ1) is 16.8. The Morgan fingerprint density at radius 1 is 0.943 bits per heavy atom. The second-order valence-corrected chi connectivity index (χ2v) is 9.21. The van der Waals surface area contributed by atoms with Crippen molar-refractivity contribution in [2.24, 2.45) is 5.10 Å². The zero-order valence-electron chi connectivity index (χ0n) is 19.2. The maximum atomic E-state index is 13.1. The van der Waals surface area contributed by atoms with E-state index in [0.717, 1.165) is 5.56 Å². The van der Waals surface area contributed by atoms with Gasteiger partial charge in [-0.25, -0.2) is 0 Å². The van der Waals surface area contributed by atoms with Gasteiger partial charge in [-0.15, -0.1) is 5.10 Å². The van der Waals surface area contributed by atoms with Gasteiger partial charge in [0.05, 0.1) is 19.1 Å². The number of fused-ring (bicyclic) bond motifs is 1. The third-order valence-corrected chi connectivity index (χ3v) is 6.37. The molecule has 0 spiro atoms. The van der Waals surface area contributed by atoms with Crippen LogP contribution in [0.4, 0.5) is 5.69 Å². The summed E-state index contributed by atoms with van der Waals surface area (Å²) in [5, 5.41) is 7.28. The molecule has 4 rings (SSSR count). The number of ether oxygens (including phenoxy) is 2. The Labute approximate surface area is 202 Å². The quantitative estimate of drug-likeness (QED) is 0.378. The number of benzene rings is 3. The lowest BCUT2D eigenvalue weighted by Crippen LogP contribution is -2.27. The molecule has 1 amide bonds. The molecule has 0 aliphatic carbocycles. The summed E-state index contributed by atoms with van der Waals surface area (Å²) in [6.45, 7) is 1.85. The van der Waals surface area contributed by atoms with Gasteiger partial charge < -0.3 is 19.2 Å². The van der Waals surface area contributed by atoms with Crippen LogP contribution < -0.4 is 25.2 Å². The molecule has 3 aromatic carbocycles. The molecule has 0 aliphatic heterocycles. The van der Waals surface area contributed by atoms with Gasteiger partial charge in [0.25, 0.3) is 15.9 Å². The minimum Gasteiger partial charge on any atom is -0.497 e.